The Morgan fingerprint density at radius 2 is 2.11 bits per heavy atom. The molecule has 0 fully saturated rings. The van der Waals surface area contributed by atoms with E-state index >= 15 is 0 Å². The Bertz CT molecular complexity index is 421. The Kier molecular flexibility index (Phi) is 6.87. The van der Waals surface area contributed by atoms with Gasteiger partial charge in [-0.05, 0) is 44.9 Å². The molecule has 0 saturated heterocycles. The summed E-state index contributed by atoms with van der Waals surface area (Å²) in [5.41, 5.74) is 1.09. The molecule has 2 N–H and O–H groups in total. The summed E-state index contributed by atoms with van der Waals surface area (Å²) >= 11 is 3.31. The van der Waals surface area contributed by atoms with Gasteiger partial charge in [0, 0.05) is 23.3 Å². The summed E-state index contributed by atoms with van der Waals surface area (Å²) in [6, 6.07) is 5.10. The molecule has 106 valence electrons. The van der Waals surface area contributed by atoms with Crippen LogP contribution in [0.2, 0.25) is 0 Å². The average molecular weight is 330 g/mol. The topological polar surface area (TPSA) is 58.6 Å². The van der Waals surface area contributed by atoms with Crippen molar-refractivity contribution >= 4 is 27.6 Å². The zero-order valence-electron chi connectivity index (χ0n) is 11.3. The molecule has 0 spiro atoms. The largest absolute Gasteiger partial charge is 0.478 e. The van der Waals surface area contributed by atoms with Gasteiger partial charge in [0.2, 0.25) is 0 Å². The maximum Gasteiger partial charge on any atom is 0.335 e. The number of carbonyl (C=O) groups is 1. The van der Waals surface area contributed by atoms with Crippen LogP contribution in [0.25, 0.3) is 0 Å². The molecule has 0 radical (unpaired) electrons. The van der Waals surface area contributed by atoms with Crippen LogP contribution >= 0.6 is 15.9 Å². The molecule has 0 unspecified atom stereocenters. The van der Waals surface area contributed by atoms with Crippen LogP contribution in [0.3, 0.4) is 0 Å². The molecule has 4 nitrogen and oxygen atoms in total. The Labute approximate surface area is 122 Å². The van der Waals surface area contributed by atoms with Gasteiger partial charge < -0.3 is 15.2 Å². The van der Waals surface area contributed by atoms with Crippen molar-refractivity contribution in [3.8, 4) is 0 Å². The van der Waals surface area contributed by atoms with Gasteiger partial charge in [-0.25, -0.2) is 4.79 Å². The minimum Gasteiger partial charge on any atom is -0.478 e. The standard InChI is InChI=1S/C14H20BrNO3/c1-10(2)19-6-4-3-5-16-13-8-11(14(17)18)7-12(15)9-13/h7-10,16H,3-6H2,1-2H3,(H,17,18). The first-order valence-electron chi connectivity index (χ1n) is 6.38. The second-order valence-electron chi connectivity index (χ2n) is 4.59. The highest BCUT2D eigenvalue weighted by atomic mass is 79.9. The third-order valence-electron chi connectivity index (χ3n) is 2.50. The second kappa shape index (κ2) is 8.17. The SMILES string of the molecule is CC(C)OCCCCNc1cc(Br)cc(C(=O)O)c1. The summed E-state index contributed by atoms with van der Waals surface area (Å²) in [4.78, 5) is 10.9. The summed E-state index contributed by atoms with van der Waals surface area (Å²) < 4.78 is 6.21. The third kappa shape index (κ3) is 6.59. The highest BCUT2D eigenvalue weighted by Gasteiger charge is 2.05. The molecule has 0 heterocycles. The first-order chi connectivity index (χ1) is 8.99. The molecule has 1 rings (SSSR count). The van der Waals surface area contributed by atoms with E-state index in [0.717, 1.165) is 36.2 Å². The Hall–Kier alpha value is -1.07. The lowest BCUT2D eigenvalue weighted by molar-refractivity contribution is 0.0696. The van der Waals surface area contributed by atoms with Crippen LogP contribution in [0.4, 0.5) is 5.69 Å². The highest BCUT2D eigenvalue weighted by Crippen LogP contribution is 2.19. The number of nitrogens with one attached hydrogen (secondary N) is 1. The van der Waals surface area contributed by atoms with E-state index in [2.05, 4.69) is 21.2 Å². The van der Waals surface area contributed by atoms with Crippen LogP contribution in [0, 0.1) is 0 Å². The van der Waals surface area contributed by atoms with E-state index < -0.39 is 5.97 Å². The van der Waals surface area contributed by atoms with Gasteiger partial charge >= 0.3 is 5.97 Å². The zero-order valence-corrected chi connectivity index (χ0v) is 12.9. The van der Waals surface area contributed by atoms with Gasteiger partial charge in [-0.1, -0.05) is 15.9 Å². The molecule has 19 heavy (non-hydrogen) atoms. The van der Waals surface area contributed by atoms with Gasteiger partial charge in [-0.15, -0.1) is 0 Å². The molecular weight excluding hydrogens is 310 g/mol. The van der Waals surface area contributed by atoms with E-state index in [1.165, 1.54) is 0 Å². The quantitative estimate of drug-likeness (QED) is 0.713. The normalized spacial score (nSPS) is 10.7. The van der Waals surface area contributed by atoms with Crippen LogP contribution < -0.4 is 5.32 Å². The lowest BCUT2D eigenvalue weighted by atomic mass is 10.2. The maximum absolute atomic E-state index is 10.9. The van der Waals surface area contributed by atoms with Crippen molar-refractivity contribution in [3.05, 3.63) is 28.2 Å². The van der Waals surface area contributed by atoms with Crippen molar-refractivity contribution in [2.75, 3.05) is 18.5 Å². The second-order valence-corrected chi connectivity index (χ2v) is 5.50. The summed E-state index contributed by atoms with van der Waals surface area (Å²) in [5, 5.41) is 12.2. The van der Waals surface area contributed by atoms with Crippen LogP contribution in [-0.2, 0) is 4.74 Å². The predicted molar refractivity (Wildman–Crippen MR) is 79.9 cm³/mol. The number of rotatable bonds is 8. The van der Waals surface area contributed by atoms with E-state index in [4.69, 9.17) is 9.84 Å². The molecule has 0 aliphatic carbocycles. The minimum absolute atomic E-state index is 0.274. The van der Waals surface area contributed by atoms with E-state index in [1.807, 2.05) is 19.9 Å². The van der Waals surface area contributed by atoms with Gasteiger partial charge in [-0.3, -0.25) is 0 Å². The van der Waals surface area contributed by atoms with E-state index in [-0.39, 0.29) is 11.7 Å². The lowest BCUT2D eigenvalue weighted by Crippen LogP contribution is -2.07. The summed E-state index contributed by atoms with van der Waals surface area (Å²) in [6.45, 7) is 5.61. The third-order valence-corrected chi connectivity index (χ3v) is 2.95. The van der Waals surface area contributed by atoms with E-state index in [1.54, 1.807) is 12.1 Å². The van der Waals surface area contributed by atoms with Gasteiger partial charge in [0.25, 0.3) is 0 Å². The number of hydrogen-bond donors (Lipinski definition) is 2. The number of hydrogen-bond acceptors (Lipinski definition) is 3. The monoisotopic (exact) mass is 329 g/mol. The van der Waals surface area contributed by atoms with Crippen LogP contribution in [0.1, 0.15) is 37.0 Å². The number of anilines is 1. The number of halogens is 1. The predicted octanol–water partition coefficient (Wildman–Crippen LogP) is 3.76. The number of carboxylic acids is 1. The van der Waals surface area contributed by atoms with Gasteiger partial charge in [0.15, 0.2) is 0 Å². The molecule has 1 aromatic rings. The smallest absolute Gasteiger partial charge is 0.335 e. The van der Waals surface area contributed by atoms with Crippen molar-refractivity contribution in [2.45, 2.75) is 32.8 Å². The molecule has 0 aromatic heterocycles. The Morgan fingerprint density at radius 3 is 2.74 bits per heavy atom. The summed E-state index contributed by atoms with van der Waals surface area (Å²) in [7, 11) is 0. The molecule has 0 saturated carbocycles. The number of aromatic carboxylic acids is 1. The number of ether oxygens (including phenoxy) is 1. The first kappa shape index (κ1) is 16.0. The van der Waals surface area contributed by atoms with Gasteiger partial charge in [-0.2, -0.15) is 0 Å². The van der Waals surface area contributed by atoms with Gasteiger partial charge in [0.05, 0.1) is 11.7 Å². The van der Waals surface area contributed by atoms with E-state index in [9.17, 15) is 4.79 Å². The first-order valence-corrected chi connectivity index (χ1v) is 7.17. The minimum atomic E-state index is -0.922. The fourth-order valence-electron chi connectivity index (χ4n) is 1.59. The van der Waals surface area contributed by atoms with Crippen molar-refractivity contribution < 1.29 is 14.6 Å². The lowest BCUT2D eigenvalue weighted by Gasteiger charge is -2.09. The highest BCUT2D eigenvalue weighted by molar-refractivity contribution is 9.10. The molecule has 0 amide bonds. The van der Waals surface area contributed by atoms with E-state index in [0.29, 0.717) is 0 Å². The molecule has 0 aliphatic heterocycles. The summed E-state index contributed by atoms with van der Waals surface area (Å²) in [5.74, 6) is -0.922. The molecule has 5 heteroatoms. The fraction of sp³-hybridized carbons (Fsp3) is 0.500. The molecule has 0 aliphatic rings. The summed E-state index contributed by atoms with van der Waals surface area (Å²) in [6.07, 6.45) is 2.25. The number of carboxylic acid groups (broad SMARTS) is 1. The Balaban J connectivity index is 2.35. The molecule has 1 aromatic carbocycles. The molecule has 0 atom stereocenters. The van der Waals surface area contributed by atoms with Crippen LogP contribution in [-0.4, -0.2) is 30.3 Å². The maximum atomic E-state index is 10.9. The Morgan fingerprint density at radius 1 is 1.37 bits per heavy atom. The van der Waals surface area contributed by atoms with Crippen LogP contribution in [0.5, 0.6) is 0 Å². The average Bonchev–Trinajstić information content (AvgIpc) is 2.32. The fourth-order valence-corrected chi connectivity index (χ4v) is 2.09. The molecular formula is C14H20BrNO3. The van der Waals surface area contributed by atoms with Crippen molar-refractivity contribution in [3.63, 3.8) is 0 Å². The van der Waals surface area contributed by atoms with Crippen LogP contribution in [0.15, 0.2) is 22.7 Å². The zero-order chi connectivity index (χ0) is 14.3. The number of benzene rings is 1. The van der Waals surface area contributed by atoms with Crippen molar-refractivity contribution in [1.29, 1.82) is 0 Å². The molecule has 0 bridgehead atoms. The number of unbranched alkanes of at least 4 members (excludes halogenated alkanes) is 1. The van der Waals surface area contributed by atoms with Crippen molar-refractivity contribution in [1.82, 2.24) is 0 Å². The van der Waals surface area contributed by atoms with Crippen molar-refractivity contribution in [2.24, 2.45) is 0 Å². The van der Waals surface area contributed by atoms with Gasteiger partial charge in [0.1, 0.15) is 0 Å².